The highest BCUT2D eigenvalue weighted by atomic mass is 19.2. The van der Waals surface area contributed by atoms with E-state index in [4.69, 9.17) is 0 Å². The largest absolute Gasteiger partial charge is 0.341 e. The van der Waals surface area contributed by atoms with Crippen LogP contribution < -0.4 is 0 Å². The maximum absolute atomic E-state index is 12.9. The van der Waals surface area contributed by atoms with Crippen LogP contribution in [0.25, 0.3) is 0 Å². The Hall–Kier alpha value is -0.640. The van der Waals surface area contributed by atoms with E-state index < -0.39 is 0 Å². The molecule has 1 aliphatic carbocycles. The molecule has 14 heavy (non-hydrogen) atoms. The average Bonchev–Trinajstić information content (AvgIpc) is 2.26. The van der Waals surface area contributed by atoms with Crippen LogP contribution in [0.2, 0.25) is 0 Å². The third-order valence-corrected chi connectivity index (χ3v) is 3.21. The summed E-state index contributed by atoms with van der Waals surface area (Å²) in [5.74, 6) is 0.507. The predicted octanol–water partition coefficient (Wildman–Crippen LogP) is 1.21. The van der Waals surface area contributed by atoms with E-state index in [0.717, 1.165) is 30.9 Å². The first-order valence-electron chi connectivity index (χ1n) is 5.47. The SMILES string of the molecule is O=C(C1CCC1)N1CCCN(F)CC1. The van der Waals surface area contributed by atoms with E-state index in [1.807, 2.05) is 4.90 Å². The summed E-state index contributed by atoms with van der Waals surface area (Å²) in [6.07, 6.45) is 4.01. The molecular formula is C10H17FN2O. The van der Waals surface area contributed by atoms with Crippen LogP contribution in [-0.2, 0) is 4.79 Å². The van der Waals surface area contributed by atoms with Gasteiger partial charge >= 0.3 is 0 Å². The lowest BCUT2D eigenvalue weighted by Crippen LogP contribution is -2.40. The van der Waals surface area contributed by atoms with E-state index in [2.05, 4.69) is 0 Å². The minimum absolute atomic E-state index is 0.251. The zero-order valence-corrected chi connectivity index (χ0v) is 8.41. The Morgan fingerprint density at radius 1 is 1.07 bits per heavy atom. The minimum Gasteiger partial charge on any atom is -0.341 e. The monoisotopic (exact) mass is 200 g/mol. The molecule has 2 aliphatic rings. The first-order chi connectivity index (χ1) is 6.77. The molecule has 1 saturated carbocycles. The predicted molar refractivity (Wildman–Crippen MR) is 51.2 cm³/mol. The molecular weight excluding hydrogens is 183 g/mol. The van der Waals surface area contributed by atoms with Crippen LogP contribution in [0.15, 0.2) is 0 Å². The standard InChI is InChI=1S/C10H17FN2O/c11-13-6-2-5-12(7-8-13)10(14)9-3-1-4-9/h9H,1-8H2. The van der Waals surface area contributed by atoms with Crippen molar-refractivity contribution in [1.82, 2.24) is 10.0 Å². The summed E-state index contributed by atoms with van der Waals surface area (Å²) in [6, 6.07) is 0. The van der Waals surface area contributed by atoms with E-state index in [1.54, 1.807) is 0 Å². The molecule has 0 N–H and O–H groups in total. The second-order valence-electron chi connectivity index (χ2n) is 4.22. The molecule has 0 atom stereocenters. The molecule has 0 aromatic rings. The van der Waals surface area contributed by atoms with Gasteiger partial charge in [0.1, 0.15) is 0 Å². The van der Waals surface area contributed by atoms with Crippen LogP contribution >= 0.6 is 0 Å². The molecule has 0 aromatic heterocycles. The van der Waals surface area contributed by atoms with Gasteiger partial charge in [0.05, 0.1) is 0 Å². The summed E-state index contributed by atoms with van der Waals surface area (Å²) in [7, 11) is 0. The van der Waals surface area contributed by atoms with Crippen molar-refractivity contribution >= 4 is 5.91 Å². The van der Waals surface area contributed by atoms with Crippen molar-refractivity contribution in [1.29, 1.82) is 0 Å². The fourth-order valence-corrected chi connectivity index (χ4v) is 2.02. The van der Waals surface area contributed by atoms with Crippen LogP contribution in [0.1, 0.15) is 25.7 Å². The zero-order chi connectivity index (χ0) is 9.97. The van der Waals surface area contributed by atoms with Gasteiger partial charge in [-0.25, -0.2) is 0 Å². The van der Waals surface area contributed by atoms with Crippen molar-refractivity contribution in [3.63, 3.8) is 0 Å². The van der Waals surface area contributed by atoms with Crippen LogP contribution in [0.3, 0.4) is 0 Å². The van der Waals surface area contributed by atoms with Crippen molar-refractivity contribution < 1.29 is 9.28 Å². The van der Waals surface area contributed by atoms with Gasteiger partial charge in [-0.1, -0.05) is 6.42 Å². The Bertz CT molecular complexity index is 218. The van der Waals surface area contributed by atoms with Gasteiger partial charge in [0, 0.05) is 32.1 Å². The minimum atomic E-state index is 0.251. The smallest absolute Gasteiger partial charge is 0.225 e. The van der Waals surface area contributed by atoms with Gasteiger partial charge in [-0.15, -0.1) is 9.60 Å². The van der Waals surface area contributed by atoms with E-state index in [1.165, 1.54) is 6.42 Å². The maximum Gasteiger partial charge on any atom is 0.225 e. The third kappa shape index (κ3) is 2.05. The highest BCUT2D eigenvalue weighted by Gasteiger charge is 2.30. The van der Waals surface area contributed by atoms with Gasteiger partial charge in [-0.2, -0.15) is 0 Å². The van der Waals surface area contributed by atoms with Crippen molar-refractivity contribution in [2.24, 2.45) is 5.92 Å². The molecule has 1 saturated heterocycles. The molecule has 0 bridgehead atoms. The van der Waals surface area contributed by atoms with Crippen molar-refractivity contribution in [2.75, 3.05) is 26.2 Å². The fourth-order valence-electron chi connectivity index (χ4n) is 2.02. The van der Waals surface area contributed by atoms with E-state index in [9.17, 15) is 9.28 Å². The van der Waals surface area contributed by atoms with E-state index in [0.29, 0.717) is 19.6 Å². The lowest BCUT2D eigenvalue weighted by molar-refractivity contribution is -0.138. The summed E-state index contributed by atoms with van der Waals surface area (Å²) < 4.78 is 12.9. The quantitative estimate of drug-likeness (QED) is 0.594. The molecule has 1 heterocycles. The zero-order valence-electron chi connectivity index (χ0n) is 8.41. The Morgan fingerprint density at radius 2 is 1.86 bits per heavy atom. The Morgan fingerprint density at radius 3 is 2.50 bits per heavy atom. The normalized spacial score (nSPS) is 25.6. The Labute approximate surface area is 83.8 Å². The molecule has 0 aromatic carbocycles. The van der Waals surface area contributed by atoms with Crippen LogP contribution in [0, 0.1) is 5.92 Å². The molecule has 1 aliphatic heterocycles. The number of rotatable bonds is 1. The number of amides is 1. The van der Waals surface area contributed by atoms with Gasteiger partial charge in [0.25, 0.3) is 0 Å². The van der Waals surface area contributed by atoms with Crippen LogP contribution in [0.5, 0.6) is 0 Å². The Balaban J connectivity index is 1.86. The van der Waals surface area contributed by atoms with E-state index in [-0.39, 0.29) is 11.8 Å². The number of carbonyl (C=O) groups is 1. The molecule has 80 valence electrons. The molecule has 4 heteroatoms. The summed E-state index contributed by atoms with van der Waals surface area (Å²) in [4.78, 5) is 13.7. The number of halogens is 1. The summed E-state index contributed by atoms with van der Waals surface area (Å²) >= 11 is 0. The highest BCUT2D eigenvalue weighted by molar-refractivity contribution is 5.79. The average molecular weight is 200 g/mol. The Kier molecular flexibility index (Phi) is 3.01. The van der Waals surface area contributed by atoms with E-state index >= 15 is 0 Å². The molecule has 0 spiro atoms. The number of hydrogen-bond donors (Lipinski definition) is 0. The molecule has 0 radical (unpaired) electrons. The molecule has 3 nitrogen and oxygen atoms in total. The van der Waals surface area contributed by atoms with Crippen molar-refractivity contribution in [3.8, 4) is 0 Å². The van der Waals surface area contributed by atoms with Crippen LogP contribution in [-0.4, -0.2) is 42.1 Å². The second kappa shape index (κ2) is 4.26. The third-order valence-electron chi connectivity index (χ3n) is 3.21. The van der Waals surface area contributed by atoms with Gasteiger partial charge in [-0.05, 0) is 19.3 Å². The maximum atomic E-state index is 12.9. The topological polar surface area (TPSA) is 23.6 Å². The lowest BCUT2D eigenvalue weighted by atomic mass is 9.84. The summed E-state index contributed by atoms with van der Waals surface area (Å²) in [6.45, 7) is 2.13. The number of carbonyl (C=O) groups excluding carboxylic acids is 1. The van der Waals surface area contributed by atoms with Gasteiger partial charge in [0.2, 0.25) is 5.91 Å². The molecule has 0 unspecified atom stereocenters. The fraction of sp³-hybridized carbons (Fsp3) is 0.900. The van der Waals surface area contributed by atoms with Crippen molar-refractivity contribution in [3.05, 3.63) is 0 Å². The highest BCUT2D eigenvalue weighted by Crippen LogP contribution is 2.28. The van der Waals surface area contributed by atoms with Gasteiger partial charge in [-0.3, -0.25) is 4.79 Å². The second-order valence-corrected chi connectivity index (χ2v) is 4.22. The molecule has 1 amide bonds. The number of hydrogen-bond acceptors (Lipinski definition) is 2. The van der Waals surface area contributed by atoms with Gasteiger partial charge < -0.3 is 4.90 Å². The number of nitrogens with zero attached hydrogens (tertiary/aromatic N) is 2. The van der Waals surface area contributed by atoms with Gasteiger partial charge in [0.15, 0.2) is 0 Å². The molecule has 2 rings (SSSR count). The summed E-state index contributed by atoms with van der Waals surface area (Å²) in [5, 5.41) is 0.814. The first-order valence-corrected chi connectivity index (χ1v) is 5.47. The van der Waals surface area contributed by atoms with Crippen molar-refractivity contribution in [2.45, 2.75) is 25.7 Å². The lowest BCUT2D eigenvalue weighted by Gasteiger charge is -2.30. The summed E-state index contributed by atoms with van der Waals surface area (Å²) in [5.41, 5.74) is 0. The first kappa shape index (κ1) is 9.90. The molecule has 2 fully saturated rings. The van der Waals surface area contributed by atoms with Crippen LogP contribution in [0.4, 0.5) is 4.48 Å².